The van der Waals surface area contributed by atoms with Gasteiger partial charge in [-0.05, 0) is 55.6 Å². The molecule has 3 unspecified atom stereocenters. The topological polar surface area (TPSA) is 30.9 Å². The molecular formula is C19H32N2. The summed E-state index contributed by atoms with van der Waals surface area (Å²) in [5.74, 6) is 0.857. The molecule has 0 aromatic carbocycles. The molecule has 0 radical (unpaired) electrons. The van der Waals surface area contributed by atoms with Gasteiger partial charge in [0.15, 0.2) is 0 Å². The number of nitrogens with zero attached hydrogens (tertiary/aromatic N) is 1. The fourth-order valence-corrected chi connectivity index (χ4v) is 4.93. The summed E-state index contributed by atoms with van der Waals surface area (Å²) >= 11 is 0. The lowest BCUT2D eigenvalue weighted by Gasteiger charge is -2.39. The largest absolute Gasteiger partial charge is 0.345 e. The third-order valence-corrected chi connectivity index (χ3v) is 5.91. The van der Waals surface area contributed by atoms with Crippen LogP contribution in [-0.4, -0.2) is 4.57 Å². The van der Waals surface area contributed by atoms with Crippen LogP contribution < -0.4 is 5.73 Å². The lowest BCUT2D eigenvalue weighted by molar-refractivity contribution is 0.213. The average molecular weight is 288 g/mol. The molecular weight excluding hydrogens is 256 g/mol. The molecule has 1 aromatic rings. The molecule has 1 heterocycles. The summed E-state index contributed by atoms with van der Waals surface area (Å²) in [5.41, 5.74) is 11.3. The maximum Gasteiger partial charge on any atom is 0.0364 e. The molecule has 0 bridgehead atoms. The summed E-state index contributed by atoms with van der Waals surface area (Å²) in [7, 11) is 0. The Hall–Kier alpha value is -0.760. The highest BCUT2D eigenvalue weighted by atomic mass is 15.0. The van der Waals surface area contributed by atoms with Crippen molar-refractivity contribution in [2.24, 2.45) is 17.1 Å². The molecule has 2 nitrogen and oxygen atoms in total. The quantitative estimate of drug-likeness (QED) is 0.823. The zero-order chi connectivity index (χ0) is 15.2. The van der Waals surface area contributed by atoms with Gasteiger partial charge in [0.05, 0.1) is 0 Å². The van der Waals surface area contributed by atoms with E-state index in [9.17, 15) is 0 Å². The lowest BCUT2D eigenvalue weighted by atomic mass is 9.74. The van der Waals surface area contributed by atoms with E-state index in [1.54, 1.807) is 5.69 Å². The van der Waals surface area contributed by atoms with Gasteiger partial charge in [0, 0.05) is 23.5 Å². The Balaban J connectivity index is 2.03. The van der Waals surface area contributed by atoms with Crippen molar-refractivity contribution in [3.63, 3.8) is 0 Å². The van der Waals surface area contributed by atoms with Gasteiger partial charge in [-0.15, -0.1) is 0 Å². The minimum absolute atomic E-state index is 0.229. The van der Waals surface area contributed by atoms with E-state index >= 15 is 0 Å². The number of aryl methyl sites for hydroxylation is 1. The summed E-state index contributed by atoms with van der Waals surface area (Å²) in [6.07, 6.45) is 9.19. The van der Waals surface area contributed by atoms with Crippen LogP contribution in [0.25, 0.3) is 0 Å². The average Bonchev–Trinajstić information content (AvgIpc) is 2.74. The molecule has 2 heteroatoms. The van der Waals surface area contributed by atoms with E-state index < -0.39 is 0 Å². The van der Waals surface area contributed by atoms with Crippen molar-refractivity contribution in [2.75, 3.05) is 0 Å². The smallest absolute Gasteiger partial charge is 0.0364 e. The fraction of sp³-hybridized carbons (Fsp3) is 0.789. The SMILES string of the molecule is CCC1CCCCC1n1c(C)cc2c1CC(C)(C)CC2N. The van der Waals surface area contributed by atoms with Gasteiger partial charge in [0.25, 0.3) is 0 Å². The molecule has 0 spiro atoms. The Morgan fingerprint density at radius 1 is 1.29 bits per heavy atom. The predicted molar refractivity (Wildman–Crippen MR) is 89.5 cm³/mol. The van der Waals surface area contributed by atoms with Crippen LogP contribution in [-0.2, 0) is 6.42 Å². The Morgan fingerprint density at radius 3 is 2.71 bits per heavy atom. The number of fused-ring (bicyclic) bond motifs is 1. The summed E-state index contributed by atoms with van der Waals surface area (Å²) in [6.45, 7) is 9.41. The van der Waals surface area contributed by atoms with Crippen LogP contribution >= 0.6 is 0 Å². The van der Waals surface area contributed by atoms with Crippen LogP contribution in [0.1, 0.15) is 88.3 Å². The van der Waals surface area contributed by atoms with Crippen LogP contribution in [0.4, 0.5) is 0 Å². The maximum absolute atomic E-state index is 6.49. The van der Waals surface area contributed by atoms with E-state index in [4.69, 9.17) is 5.73 Å². The fourth-order valence-electron chi connectivity index (χ4n) is 4.93. The van der Waals surface area contributed by atoms with Crippen LogP contribution in [0.2, 0.25) is 0 Å². The Bertz CT molecular complexity index is 512. The van der Waals surface area contributed by atoms with E-state index in [2.05, 4.69) is 38.3 Å². The van der Waals surface area contributed by atoms with Gasteiger partial charge in [-0.2, -0.15) is 0 Å². The van der Waals surface area contributed by atoms with E-state index in [0.717, 1.165) is 12.3 Å². The summed E-state index contributed by atoms with van der Waals surface area (Å²) < 4.78 is 2.70. The van der Waals surface area contributed by atoms with Crippen LogP contribution in [0, 0.1) is 18.3 Å². The molecule has 3 atom stereocenters. The van der Waals surface area contributed by atoms with Gasteiger partial charge in [0.2, 0.25) is 0 Å². The minimum Gasteiger partial charge on any atom is -0.345 e. The van der Waals surface area contributed by atoms with Gasteiger partial charge in [-0.25, -0.2) is 0 Å². The first-order valence-corrected chi connectivity index (χ1v) is 8.89. The lowest BCUT2D eigenvalue weighted by Crippen LogP contribution is -2.32. The molecule has 21 heavy (non-hydrogen) atoms. The molecule has 1 fully saturated rings. The molecule has 2 N–H and O–H groups in total. The summed E-state index contributed by atoms with van der Waals surface area (Å²) in [5, 5.41) is 0. The number of hydrogen-bond acceptors (Lipinski definition) is 1. The number of nitrogens with two attached hydrogens (primary N) is 1. The van der Waals surface area contributed by atoms with Gasteiger partial charge >= 0.3 is 0 Å². The first-order chi connectivity index (χ1) is 9.93. The molecule has 1 aromatic heterocycles. The number of rotatable bonds is 2. The second kappa shape index (κ2) is 5.46. The van der Waals surface area contributed by atoms with E-state index in [1.807, 2.05) is 0 Å². The van der Waals surface area contributed by atoms with Gasteiger partial charge in [0.1, 0.15) is 0 Å². The van der Waals surface area contributed by atoms with Gasteiger partial charge in [-0.1, -0.05) is 40.0 Å². The Kier molecular flexibility index (Phi) is 3.94. The van der Waals surface area contributed by atoms with Crippen molar-refractivity contribution in [3.05, 3.63) is 23.0 Å². The van der Waals surface area contributed by atoms with E-state index in [-0.39, 0.29) is 6.04 Å². The van der Waals surface area contributed by atoms with E-state index in [0.29, 0.717) is 11.5 Å². The summed E-state index contributed by atoms with van der Waals surface area (Å²) in [4.78, 5) is 0. The van der Waals surface area contributed by atoms with Gasteiger partial charge in [-0.3, -0.25) is 0 Å². The van der Waals surface area contributed by atoms with Crippen LogP contribution in [0.15, 0.2) is 6.07 Å². The molecule has 2 aliphatic carbocycles. The normalized spacial score (nSPS) is 32.0. The number of aromatic nitrogens is 1. The molecule has 0 amide bonds. The predicted octanol–water partition coefficient (Wildman–Crippen LogP) is 4.91. The third kappa shape index (κ3) is 2.67. The summed E-state index contributed by atoms with van der Waals surface area (Å²) in [6, 6.07) is 3.33. The van der Waals surface area contributed by atoms with Crippen molar-refractivity contribution < 1.29 is 0 Å². The van der Waals surface area contributed by atoms with Crippen molar-refractivity contribution >= 4 is 0 Å². The van der Waals surface area contributed by atoms with Crippen molar-refractivity contribution in [1.29, 1.82) is 0 Å². The highest BCUT2D eigenvalue weighted by Gasteiger charge is 2.36. The number of hydrogen-bond donors (Lipinski definition) is 1. The standard InChI is InChI=1S/C19H32N2/c1-5-14-8-6-7-9-17(14)21-13(2)10-15-16(20)11-19(3,4)12-18(15)21/h10,14,16-17H,5-9,11-12,20H2,1-4H3. The highest BCUT2D eigenvalue weighted by Crippen LogP contribution is 2.45. The monoisotopic (exact) mass is 288 g/mol. The Morgan fingerprint density at radius 2 is 2.00 bits per heavy atom. The highest BCUT2D eigenvalue weighted by molar-refractivity contribution is 5.34. The van der Waals surface area contributed by atoms with E-state index in [1.165, 1.54) is 49.8 Å². The van der Waals surface area contributed by atoms with Crippen molar-refractivity contribution in [1.82, 2.24) is 4.57 Å². The molecule has 118 valence electrons. The zero-order valence-electron chi connectivity index (χ0n) is 14.3. The first kappa shape index (κ1) is 15.1. The minimum atomic E-state index is 0.229. The maximum atomic E-state index is 6.49. The van der Waals surface area contributed by atoms with Crippen molar-refractivity contribution in [3.8, 4) is 0 Å². The van der Waals surface area contributed by atoms with Crippen LogP contribution in [0.3, 0.4) is 0 Å². The van der Waals surface area contributed by atoms with Crippen molar-refractivity contribution in [2.45, 2.75) is 84.7 Å². The third-order valence-electron chi connectivity index (χ3n) is 5.91. The second-order valence-corrected chi connectivity index (χ2v) is 8.23. The molecule has 0 aliphatic heterocycles. The molecule has 1 saturated carbocycles. The van der Waals surface area contributed by atoms with Crippen LogP contribution in [0.5, 0.6) is 0 Å². The van der Waals surface area contributed by atoms with Gasteiger partial charge < -0.3 is 10.3 Å². The molecule has 2 aliphatic rings. The second-order valence-electron chi connectivity index (χ2n) is 8.23. The zero-order valence-corrected chi connectivity index (χ0v) is 14.3. The molecule has 3 rings (SSSR count). The molecule has 0 saturated heterocycles. The Labute approximate surface area is 130 Å². The first-order valence-electron chi connectivity index (χ1n) is 8.89.